The maximum atomic E-state index is 13.5. The normalized spacial score (nSPS) is 30.9. The van der Waals surface area contributed by atoms with Gasteiger partial charge in [-0.15, -0.1) is 0 Å². The van der Waals surface area contributed by atoms with Crippen molar-refractivity contribution in [2.24, 2.45) is 23.2 Å². The van der Waals surface area contributed by atoms with Crippen LogP contribution in [-0.4, -0.2) is 27.3 Å². The number of hydrogen-bond donors (Lipinski definition) is 1. The molecule has 4 bridgehead atoms. The third-order valence-corrected chi connectivity index (χ3v) is 8.97. The molecule has 1 amide bonds. The summed E-state index contributed by atoms with van der Waals surface area (Å²) in [5.41, 5.74) is 3.07. The van der Waals surface area contributed by atoms with Gasteiger partial charge in [0.1, 0.15) is 12.1 Å². The van der Waals surface area contributed by atoms with E-state index in [-0.39, 0.29) is 11.3 Å². The van der Waals surface area contributed by atoms with Crippen molar-refractivity contribution in [2.75, 3.05) is 11.9 Å². The highest BCUT2D eigenvalue weighted by molar-refractivity contribution is 6.42. The molecular weight excluding hydrogens is 443 g/mol. The molecule has 0 atom stereocenters. The van der Waals surface area contributed by atoms with Gasteiger partial charge in [-0.2, -0.15) is 0 Å². The van der Waals surface area contributed by atoms with Gasteiger partial charge in [0.25, 0.3) is 0 Å². The number of rotatable bonds is 4. The van der Waals surface area contributed by atoms with E-state index in [4.69, 9.17) is 23.2 Å². The molecule has 7 heteroatoms. The lowest BCUT2D eigenvalue weighted by Crippen LogP contribution is -2.52. The van der Waals surface area contributed by atoms with Crippen molar-refractivity contribution < 1.29 is 4.79 Å². The molecule has 1 aromatic carbocycles. The Balaban J connectivity index is 1.17. The summed E-state index contributed by atoms with van der Waals surface area (Å²) in [6.07, 6.45) is 9.63. The number of carbonyl (C=O) groups excluding carboxylic acids is 1. The van der Waals surface area contributed by atoms with Crippen LogP contribution in [0.25, 0.3) is 0 Å². The molecule has 2 aromatic rings. The first-order valence-electron chi connectivity index (χ1n) is 11.8. The Morgan fingerprint density at radius 2 is 1.78 bits per heavy atom. The number of aromatic nitrogens is 2. The van der Waals surface area contributed by atoms with Crippen LogP contribution in [0.5, 0.6) is 0 Å². The second-order valence-corrected chi connectivity index (χ2v) is 11.3. The van der Waals surface area contributed by atoms with E-state index in [0.29, 0.717) is 10.0 Å². The van der Waals surface area contributed by atoms with Gasteiger partial charge in [-0.1, -0.05) is 29.3 Å². The SMILES string of the molecule is O=C(Nc1ncnc2c1CCN(Cc1ccc(Cl)c(Cl)c1)C2)C12CC3CC(CC(C3)C1)C2. The van der Waals surface area contributed by atoms with Gasteiger partial charge in [0.05, 0.1) is 21.2 Å². The van der Waals surface area contributed by atoms with E-state index in [9.17, 15) is 4.79 Å². The molecule has 4 aliphatic carbocycles. The number of carbonyl (C=O) groups is 1. The molecule has 32 heavy (non-hydrogen) atoms. The molecule has 5 nitrogen and oxygen atoms in total. The minimum atomic E-state index is -0.166. The van der Waals surface area contributed by atoms with Gasteiger partial charge in [0.15, 0.2) is 0 Å². The van der Waals surface area contributed by atoms with Crippen LogP contribution in [0, 0.1) is 23.2 Å². The molecule has 7 rings (SSSR count). The second kappa shape index (κ2) is 7.96. The number of hydrogen-bond acceptors (Lipinski definition) is 4. The summed E-state index contributed by atoms with van der Waals surface area (Å²) in [6, 6.07) is 5.79. The van der Waals surface area contributed by atoms with E-state index in [2.05, 4.69) is 20.2 Å². The minimum absolute atomic E-state index is 0.166. The van der Waals surface area contributed by atoms with Crippen LogP contribution >= 0.6 is 23.2 Å². The van der Waals surface area contributed by atoms with E-state index in [0.717, 1.165) is 85.7 Å². The molecule has 4 saturated carbocycles. The van der Waals surface area contributed by atoms with E-state index >= 15 is 0 Å². The van der Waals surface area contributed by atoms with Crippen LogP contribution in [0.15, 0.2) is 24.5 Å². The number of nitrogens with one attached hydrogen (secondary N) is 1. The van der Waals surface area contributed by atoms with Gasteiger partial charge in [0.2, 0.25) is 5.91 Å². The fraction of sp³-hybridized carbons (Fsp3) is 0.560. The number of fused-ring (bicyclic) bond motifs is 1. The minimum Gasteiger partial charge on any atom is -0.310 e. The van der Waals surface area contributed by atoms with Crippen LogP contribution in [0.2, 0.25) is 10.0 Å². The summed E-state index contributed by atoms with van der Waals surface area (Å²) in [7, 11) is 0. The Morgan fingerprint density at radius 3 is 2.47 bits per heavy atom. The zero-order valence-corrected chi connectivity index (χ0v) is 19.6. The zero-order chi connectivity index (χ0) is 21.9. The molecule has 168 valence electrons. The first kappa shape index (κ1) is 20.9. The Kier molecular flexibility index (Phi) is 5.20. The molecule has 0 saturated heterocycles. The lowest BCUT2D eigenvalue weighted by molar-refractivity contribution is -0.140. The fourth-order valence-electron chi connectivity index (χ4n) is 7.18. The van der Waals surface area contributed by atoms with E-state index in [1.54, 1.807) is 6.33 Å². The van der Waals surface area contributed by atoms with Crippen molar-refractivity contribution in [3.8, 4) is 0 Å². The predicted molar refractivity (Wildman–Crippen MR) is 126 cm³/mol. The van der Waals surface area contributed by atoms with Crippen molar-refractivity contribution in [1.82, 2.24) is 14.9 Å². The van der Waals surface area contributed by atoms with Crippen LogP contribution in [0.3, 0.4) is 0 Å². The number of nitrogens with zero attached hydrogens (tertiary/aromatic N) is 3. The summed E-state index contributed by atoms with van der Waals surface area (Å²) in [4.78, 5) is 24.9. The highest BCUT2D eigenvalue weighted by atomic mass is 35.5. The van der Waals surface area contributed by atoms with Gasteiger partial charge >= 0.3 is 0 Å². The van der Waals surface area contributed by atoms with Crippen molar-refractivity contribution >= 4 is 34.9 Å². The van der Waals surface area contributed by atoms with Crippen LogP contribution in [-0.2, 0) is 24.3 Å². The van der Waals surface area contributed by atoms with Crippen molar-refractivity contribution in [3.63, 3.8) is 0 Å². The van der Waals surface area contributed by atoms with Crippen LogP contribution < -0.4 is 5.32 Å². The predicted octanol–water partition coefficient (Wildman–Crippen LogP) is 5.50. The monoisotopic (exact) mass is 470 g/mol. The largest absolute Gasteiger partial charge is 0.310 e. The van der Waals surface area contributed by atoms with E-state index in [1.165, 1.54) is 19.3 Å². The third-order valence-electron chi connectivity index (χ3n) is 8.23. The van der Waals surface area contributed by atoms with Gasteiger partial charge in [-0.25, -0.2) is 9.97 Å². The number of halogens is 2. The van der Waals surface area contributed by atoms with E-state index in [1.807, 2.05) is 18.2 Å². The van der Waals surface area contributed by atoms with Crippen LogP contribution in [0.4, 0.5) is 5.82 Å². The molecule has 0 unspecified atom stereocenters. The molecule has 1 N–H and O–H groups in total. The summed E-state index contributed by atoms with van der Waals surface area (Å²) in [5.74, 6) is 3.18. The standard InChI is InChI=1S/C25H28Cl2N4O/c26-20-2-1-15(8-21(20)27)12-31-4-3-19-22(13-31)28-14-29-23(19)30-24(32)25-9-16-5-17(10-25)7-18(6-16)11-25/h1-2,8,14,16-18H,3-7,9-13H2,(H,28,29,30,32). The molecular formula is C25H28Cl2N4O. The van der Waals surface area contributed by atoms with E-state index < -0.39 is 0 Å². The summed E-state index contributed by atoms with van der Waals surface area (Å²) in [5, 5.41) is 4.42. The lowest BCUT2D eigenvalue weighted by atomic mass is 9.49. The van der Waals surface area contributed by atoms with Gasteiger partial charge in [-0.3, -0.25) is 9.69 Å². The zero-order valence-electron chi connectivity index (χ0n) is 18.1. The molecule has 1 aliphatic heterocycles. The Labute approximate surface area is 198 Å². The summed E-state index contributed by atoms with van der Waals surface area (Å²) >= 11 is 12.2. The molecule has 4 fully saturated rings. The molecule has 2 heterocycles. The summed E-state index contributed by atoms with van der Waals surface area (Å²) in [6.45, 7) is 2.41. The smallest absolute Gasteiger partial charge is 0.231 e. The number of benzene rings is 1. The second-order valence-electron chi connectivity index (χ2n) is 10.5. The Hall–Kier alpha value is -1.69. The highest BCUT2D eigenvalue weighted by Crippen LogP contribution is 2.60. The molecule has 0 spiro atoms. The highest BCUT2D eigenvalue weighted by Gasteiger charge is 2.54. The van der Waals surface area contributed by atoms with Crippen LogP contribution in [0.1, 0.15) is 55.3 Å². The van der Waals surface area contributed by atoms with Crippen molar-refractivity contribution in [1.29, 1.82) is 0 Å². The first-order chi connectivity index (χ1) is 15.5. The average molecular weight is 471 g/mol. The average Bonchev–Trinajstić information content (AvgIpc) is 2.75. The Bertz CT molecular complexity index is 1040. The summed E-state index contributed by atoms with van der Waals surface area (Å²) < 4.78 is 0. The van der Waals surface area contributed by atoms with Gasteiger partial charge in [0, 0.05) is 25.2 Å². The van der Waals surface area contributed by atoms with Gasteiger partial charge in [-0.05, 0) is 80.4 Å². The quantitative estimate of drug-likeness (QED) is 0.640. The maximum absolute atomic E-state index is 13.5. The number of amides is 1. The third kappa shape index (κ3) is 3.72. The lowest BCUT2D eigenvalue weighted by Gasteiger charge is -2.55. The number of anilines is 1. The van der Waals surface area contributed by atoms with Gasteiger partial charge < -0.3 is 5.32 Å². The molecule has 1 aromatic heterocycles. The molecule has 5 aliphatic rings. The Morgan fingerprint density at radius 1 is 1.06 bits per heavy atom. The topological polar surface area (TPSA) is 58.1 Å². The fourth-order valence-corrected chi connectivity index (χ4v) is 7.50. The maximum Gasteiger partial charge on any atom is 0.231 e. The van der Waals surface area contributed by atoms with Crippen molar-refractivity contribution in [3.05, 3.63) is 51.4 Å². The molecule has 0 radical (unpaired) electrons. The first-order valence-corrected chi connectivity index (χ1v) is 12.5. The van der Waals surface area contributed by atoms with Crippen molar-refractivity contribution in [2.45, 2.75) is 58.0 Å².